The number of allylic oxidation sites excluding steroid dienone is 1. The van der Waals surface area contributed by atoms with Crippen LogP contribution >= 0.6 is 0 Å². The fourth-order valence-corrected chi connectivity index (χ4v) is 3.86. The highest BCUT2D eigenvalue weighted by atomic mass is 16.5. The summed E-state index contributed by atoms with van der Waals surface area (Å²) in [5, 5.41) is 47.2. The SMILES string of the molecule is CC(=CCOC[C@H](O)[C@@H](O)[C@H](O)[C@H](O)CO)CCCC(C)CCCC(C)CCCC(C)C. The lowest BCUT2D eigenvalue weighted by atomic mass is 9.91. The van der Waals surface area contributed by atoms with E-state index in [-0.39, 0.29) is 6.61 Å². The van der Waals surface area contributed by atoms with E-state index in [1.807, 2.05) is 6.08 Å². The predicted octanol–water partition coefficient (Wildman–Crippen LogP) is 3.82. The lowest BCUT2D eigenvalue weighted by molar-refractivity contribution is -0.127. The van der Waals surface area contributed by atoms with Gasteiger partial charge in [0, 0.05) is 0 Å². The normalized spacial score (nSPS) is 18.4. The summed E-state index contributed by atoms with van der Waals surface area (Å²) >= 11 is 0. The Kier molecular flexibility index (Phi) is 18.6. The molecule has 0 aliphatic rings. The zero-order valence-electron chi connectivity index (χ0n) is 21.2. The number of aliphatic hydroxyl groups excluding tert-OH is 5. The van der Waals surface area contributed by atoms with Crippen LogP contribution < -0.4 is 0 Å². The second-order valence-electron chi connectivity index (χ2n) is 10.2. The average Bonchev–Trinajstić information content (AvgIpc) is 2.74. The molecule has 2 unspecified atom stereocenters. The molecule has 0 bridgehead atoms. The molecular formula is C26H52O6. The molecule has 0 amide bonds. The number of rotatable bonds is 20. The van der Waals surface area contributed by atoms with Crippen molar-refractivity contribution in [2.75, 3.05) is 19.8 Å². The summed E-state index contributed by atoms with van der Waals surface area (Å²) in [5.74, 6) is 2.41. The maximum absolute atomic E-state index is 9.82. The van der Waals surface area contributed by atoms with Crippen LogP contribution in [0.15, 0.2) is 11.6 Å². The molecule has 0 spiro atoms. The summed E-state index contributed by atoms with van der Waals surface area (Å²) < 4.78 is 5.35. The topological polar surface area (TPSA) is 110 Å². The van der Waals surface area contributed by atoms with Crippen LogP contribution in [0.25, 0.3) is 0 Å². The van der Waals surface area contributed by atoms with Gasteiger partial charge in [-0.3, -0.25) is 0 Å². The maximum atomic E-state index is 9.82. The highest BCUT2D eigenvalue weighted by molar-refractivity contribution is 4.97. The van der Waals surface area contributed by atoms with Gasteiger partial charge in [0.1, 0.15) is 24.4 Å². The lowest BCUT2D eigenvalue weighted by Crippen LogP contribution is -2.47. The summed E-state index contributed by atoms with van der Waals surface area (Å²) in [6.07, 6.45) is 7.38. The van der Waals surface area contributed by atoms with Crippen molar-refractivity contribution < 1.29 is 30.3 Å². The van der Waals surface area contributed by atoms with Gasteiger partial charge in [-0.1, -0.05) is 84.3 Å². The van der Waals surface area contributed by atoms with E-state index in [1.54, 1.807) is 0 Å². The maximum Gasteiger partial charge on any atom is 0.111 e. The minimum atomic E-state index is -1.62. The van der Waals surface area contributed by atoms with Gasteiger partial charge in [-0.15, -0.1) is 0 Å². The minimum Gasteiger partial charge on any atom is -0.394 e. The lowest BCUT2D eigenvalue weighted by Gasteiger charge is -2.25. The molecule has 0 aromatic rings. The van der Waals surface area contributed by atoms with Gasteiger partial charge in [-0.25, -0.2) is 0 Å². The molecule has 6 atom stereocenters. The van der Waals surface area contributed by atoms with E-state index in [0.29, 0.717) is 6.61 Å². The van der Waals surface area contributed by atoms with Gasteiger partial charge in [0.25, 0.3) is 0 Å². The van der Waals surface area contributed by atoms with Crippen LogP contribution in [0.3, 0.4) is 0 Å². The Morgan fingerprint density at radius 3 is 1.78 bits per heavy atom. The second-order valence-corrected chi connectivity index (χ2v) is 10.2. The first-order valence-electron chi connectivity index (χ1n) is 12.6. The van der Waals surface area contributed by atoms with Gasteiger partial charge in [0.15, 0.2) is 0 Å². The molecule has 0 aliphatic carbocycles. The third kappa shape index (κ3) is 16.2. The predicted molar refractivity (Wildman–Crippen MR) is 130 cm³/mol. The standard InChI is InChI=1S/C26H52O6/c1-19(2)9-6-10-20(3)11-7-12-21(4)13-8-14-22(5)15-16-32-18-24(29)26(31)25(30)23(28)17-27/h15,19-21,23-31H,6-14,16-18H2,1-5H3/t20?,21?,23-,24+,25-,26-/m1/s1. The van der Waals surface area contributed by atoms with Crippen molar-refractivity contribution in [1.29, 1.82) is 0 Å². The first-order valence-corrected chi connectivity index (χ1v) is 12.6. The molecule has 32 heavy (non-hydrogen) atoms. The molecule has 6 nitrogen and oxygen atoms in total. The summed E-state index contributed by atoms with van der Waals surface area (Å²) in [4.78, 5) is 0. The molecule has 0 saturated carbocycles. The fraction of sp³-hybridized carbons (Fsp3) is 0.923. The fourth-order valence-electron chi connectivity index (χ4n) is 3.86. The van der Waals surface area contributed by atoms with Crippen LogP contribution in [0.2, 0.25) is 0 Å². The second kappa shape index (κ2) is 18.9. The van der Waals surface area contributed by atoms with E-state index >= 15 is 0 Å². The van der Waals surface area contributed by atoms with Crippen molar-refractivity contribution >= 4 is 0 Å². The van der Waals surface area contributed by atoms with Crippen LogP contribution in [0.5, 0.6) is 0 Å². The van der Waals surface area contributed by atoms with Gasteiger partial charge in [0.2, 0.25) is 0 Å². The molecule has 0 aromatic carbocycles. The smallest absolute Gasteiger partial charge is 0.111 e. The molecule has 0 radical (unpaired) electrons. The molecule has 0 rings (SSSR count). The van der Waals surface area contributed by atoms with Crippen LogP contribution in [-0.2, 0) is 4.74 Å². The highest BCUT2D eigenvalue weighted by Crippen LogP contribution is 2.22. The quantitative estimate of drug-likeness (QED) is 0.140. The van der Waals surface area contributed by atoms with Gasteiger partial charge >= 0.3 is 0 Å². The van der Waals surface area contributed by atoms with E-state index < -0.39 is 31.0 Å². The average molecular weight is 461 g/mol. The van der Waals surface area contributed by atoms with Crippen LogP contribution in [0.4, 0.5) is 0 Å². The van der Waals surface area contributed by atoms with Gasteiger partial charge in [-0.05, 0) is 37.5 Å². The highest BCUT2D eigenvalue weighted by Gasteiger charge is 2.29. The number of hydrogen-bond acceptors (Lipinski definition) is 6. The third-order valence-electron chi connectivity index (χ3n) is 6.30. The first kappa shape index (κ1) is 31.5. The number of ether oxygens (including phenoxy) is 1. The molecule has 0 fully saturated rings. The van der Waals surface area contributed by atoms with Crippen molar-refractivity contribution in [2.24, 2.45) is 17.8 Å². The zero-order valence-corrected chi connectivity index (χ0v) is 21.2. The molecule has 6 heteroatoms. The Labute approximate surface area is 196 Å². The van der Waals surface area contributed by atoms with Crippen molar-refractivity contribution in [1.82, 2.24) is 0 Å². The van der Waals surface area contributed by atoms with E-state index in [0.717, 1.165) is 30.6 Å². The summed E-state index contributed by atoms with van der Waals surface area (Å²) in [6, 6.07) is 0. The van der Waals surface area contributed by atoms with Crippen molar-refractivity contribution in [3.63, 3.8) is 0 Å². The van der Waals surface area contributed by atoms with Crippen LogP contribution in [0, 0.1) is 17.8 Å². The molecule has 0 heterocycles. The largest absolute Gasteiger partial charge is 0.394 e. The van der Waals surface area contributed by atoms with Crippen LogP contribution in [-0.4, -0.2) is 69.8 Å². The zero-order chi connectivity index (χ0) is 24.5. The summed E-state index contributed by atoms with van der Waals surface area (Å²) in [6.45, 7) is 10.9. The van der Waals surface area contributed by atoms with Crippen LogP contribution in [0.1, 0.15) is 92.4 Å². The molecule has 192 valence electrons. The molecular weight excluding hydrogens is 408 g/mol. The molecule has 0 aliphatic heterocycles. The number of hydrogen-bond donors (Lipinski definition) is 5. The third-order valence-corrected chi connectivity index (χ3v) is 6.30. The molecule has 5 N–H and O–H groups in total. The Balaban J connectivity index is 3.87. The monoisotopic (exact) mass is 460 g/mol. The Morgan fingerprint density at radius 2 is 1.25 bits per heavy atom. The summed E-state index contributed by atoms with van der Waals surface area (Å²) in [5.41, 5.74) is 1.24. The van der Waals surface area contributed by atoms with Gasteiger partial charge < -0.3 is 30.3 Å². The van der Waals surface area contributed by atoms with Crippen molar-refractivity contribution in [3.8, 4) is 0 Å². The Morgan fingerprint density at radius 1 is 0.750 bits per heavy atom. The Hall–Kier alpha value is -0.500. The minimum absolute atomic E-state index is 0.160. The van der Waals surface area contributed by atoms with Crippen molar-refractivity contribution in [3.05, 3.63) is 11.6 Å². The van der Waals surface area contributed by atoms with E-state index in [9.17, 15) is 20.4 Å². The van der Waals surface area contributed by atoms with E-state index in [1.165, 1.54) is 50.5 Å². The van der Waals surface area contributed by atoms with E-state index in [4.69, 9.17) is 9.84 Å². The first-order chi connectivity index (χ1) is 15.1. The summed E-state index contributed by atoms with van der Waals surface area (Å²) in [7, 11) is 0. The Bertz CT molecular complexity index is 467. The van der Waals surface area contributed by atoms with Gasteiger partial charge in [-0.2, -0.15) is 0 Å². The van der Waals surface area contributed by atoms with Gasteiger partial charge in [0.05, 0.1) is 19.8 Å². The van der Waals surface area contributed by atoms with E-state index in [2.05, 4.69) is 34.6 Å². The molecule has 0 aromatic heterocycles. The van der Waals surface area contributed by atoms with Crippen molar-refractivity contribution in [2.45, 2.75) is 117 Å². The molecule has 0 saturated heterocycles. The number of aliphatic hydroxyl groups is 5.